The van der Waals surface area contributed by atoms with Gasteiger partial charge in [-0.1, -0.05) is 6.42 Å². The summed E-state index contributed by atoms with van der Waals surface area (Å²) in [6, 6.07) is 1.64. The topological polar surface area (TPSA) is 88.0 Å². The van der Waals surface area contributed by atoms with Crippen molar-refractivity contribution < 1.29 is 33.3 Å². The number of aliphatic hydroxyl groups excluding tert-OH is 1. The van der Waals surface area contributed by atoms with Gasteiger partial charge < -0.3 is 25.0 Å². The summed E-state index contributed by atoms with van der Waals surface area (Å²) in [5.74, 6) is -2.15. The molecule has 1 spiro atoms. The Morgan fingerprint density at radius 3 is 2.73 bits per heavy atom. The Bertz CT molecular complexity index is 650. The molecule has 1 aromatic rings. The van der Waals surface area contributed by atoms with Gasteiger partial charge >= 0.3 is 6.09 Å². The number of ether oxygens (including phenoxy) is 2. The van der Waals surface area contributed by atoms with Crippen LogP contribution in [0.25, 0.3) is 0 Å². The molecule has 2 aliphatic rings. The standard InChI is InChI=1S/C18H23F2NO5/c19-11-4-5-14(20)13(8-11)16(22)15(21-17(23)24)9-12-10-25-18(26-12)6-2-1-3-7-18/h4-5,8,12,15-16,21-22H,1-3,6-7,9-10H2,(H,23,24)/t12-,15?,16?/m0/s1. The summed E-state index contributed by atoms with van der Waals surface area (Å²) >= 11 is 0. The van der Waals surface area contributed by atoms with Crippen molar-refractivity contribution in [3.05, 3.63) is 35.4 Å². The van der Waals surface area contributed by atoms with E-state index < -0.39 is 41.8 Å². The molecule has 2 unspecified atom stereocenters. The zero-order chi connectivity index (χ0) is 18.7. The highest BCUT2D eigenvalue weighted by Gasteiger charge is 2.43. The summed E-state index contributed by atoms with van der Waals surface area (Å²) in [7, 11) is 0. The number of aliphatic hydroxyl groups is 1. The number of benzene rings is 1. The van der Waals surface area contributed by atoms with Gasteiger partial charge in [-0.05, 0) is 37.5 Å². The largest absolute Gasteiger partial charge is 0.465 e. The second-order valence-corrected chi connectivity index (χ2v) is 6.92. The molecule has 1 aliphatic heterocycles. The lowest BCUT2D eigenvalue weighted by molar-refractivity contribution is -0.188. The number of carboxylic acid groups (broad SMARTS) is 1. The number of carbonyl (C=O) groups is 1. The van der Waals surface area contributed by atoms with Crippen LogP contribution in [-0.2, 0) is 9.47 Å². The smallest absolute Gasteiger partial charge is 0.404 e. The van der Waals surface area contributed by atoms with E-state index in [4.69, 9.17) is 14.6 Å². The lowest BCUT2D eigenvalue weighted by atomic mass is 9.94. The summed E-state index contributed by atoms with van der Waals surface area (Å²) in [4.78, 5) is 11.1. The average molecular weight is 371 g/mol. The normalized spacial score (nSPS) is 24.3. The molecule has 8 heteroatoms. The molecule has 3 N–H and O–H groups in total. The summed E-state index contributed by atoms with van der Waals surface area (Å²) < 4.78 is 39.2. The molecule has 0 radical (unpaired) electrons. The summed E-state index contributed by atoms with van der Waals surface area (Å²) in [5, 5.41) is 21.7. The van der Waals surface area contributed by atoms with Gasteiger partial charge in [-0.3, -0.25) is 0 Å². The Morgan fingerprint density at radius 1 is 1.31 bits per heavy atom. The van der Waals surface area contributed by atoms with Crippen LogP contribution in [0.3, 0.4) is 0 Å². The number of hydrogen-bond donors (Lipinski definition) is 3. The lowest BCUT2D eigenvalue weighted by Gasteiger charge is -2.32. The van der Waals surface area contributed by atoms with E-state index in [0.29, 0.717) is 0 Å². The second-order valence-electron chi connectivity index (χ2n) is 6.92. The van der Waals surface area contributed by atoms with Gasteiger partial charge in [0.15, 0.2) is 5.79 Å². The minimum absolute atomic E-state index is 0.0885. The quantitative estimate of drug-likeness (QED) is 0.740. The maximum Gasteiger partial charge on any atom is 0.404 e. The molecular weight excluding hydrogens is 348 g/mol. The Kier molecular flexibility index (Phi) is 5.74. The van der Waals surface area contributed by atoms with E-state index in [2.05, 4.69) is 5.32 Å². The third-order valence-electron chi connectivity index (χ3n) is 5.01. The molecule has 2 fully saturated rings. The molecule has 1 saturated carbocycles. The second kappa shape index (κ2) is 7.85. The van der Waals surface area contributed by atoms with Gasteiger partial charge in [0.05, 0.1) is 18.8 Å². The lowest BCUT2D eigenvalue weighted by Crippen LogP contribution is -2.42. The molecule has 26 heavy (non-hydrogen) atoms. The molecule has 3 atom stereocenters. The van der Waals surface area contributed by atoms with Crippen LogP contribution < -0.4 is 5.32 Å². The Balaban J connectivity index is 1.72. The van der Waals surface area contributed by atoms with Crippen LogP contribution >= 0.6 is 0 Å². The van der Waals surface area contributed by atoms with Gasteiger partial charge in [0.25, 0.3) is 0 Å². The third kappa shape index (κ3) is 4.31. The fourth-order valence-electron chi connectivity index (χ4n) is 3.75. The van der Waals surface area contributed by atoms with Gasteiger partial charge in [0.1, 0.15) is 17.7 Å². The van der Waals surface area contributed by atoms with Crippen molar-refractivity contribution in [2.24, 2.45) is 0 Å². The minimum atomic E-state index is -1.55. The predicted molar refractivity (Wildman–Crippen MR) is 87.5 cm³/mol. The molecule has 0 aromatic heterocycles. The molecule has 1 heterocycles. The number of amides is 1. The van der Waals surface area contributed by atoms with Crippen LogP contribution in [0.1, 0.15) is 50.2 Å². The van der Waals surface area contributed by atoms with Crippen molar-refractivity contribution in [2.75, 3.05) is 6.61 Å². The number of hydrogen-bond acceptors (Lipinski definition) is 4. The van der Waals surface area contributed by atoms with E-state index in [1.165, 1.54) is 0 Å². The van der Waals surface area contributed by atoms with Crippen molar-refractivity contribution in [1.29, 1.82) is 0 Å². The number of rotatable bonds is 5. The van der Waals surface area contributed by atoms with Crippen molar-refractivity contribution in [2.45, 2.75) is 62.6 Å². The Labute approximate surface area is 150 Å². The third-order valence-corrected chi connectivity index (χ3v) is 5.01. The summed E-state index contributed by atoms with van der Waals surface area (Å²) in [5.41, 5.74) is -0.296. The molecule has 144 valence electrons. The predicted octanol–water partition coefficient (Wildman–Crippen LogP) is 3.10. The van der Waals surface area contributed by atoms with Crippen LogP contribution in [0.15, 0.2) is 18.2 Å². The van der Waals surface area contributed by atoms with Gasteiger partial charge in [0, 0.05) is 18.4 Å². The van der Waals surface area contributed by atoms with Crippen LogP contribution in [-0.4, -0.2) is 40.8 Å². The van der Waals surface area contributed by atoms with E-state index in [0.717, 1.165) is 50.3 Å². The fraction of sp³-hybridized carbons (Fsp3) is 0.611. The minimum Gasteiger partial charge on any atom is -0.465 e. The molecule has 1 saturated heterocycles. The van der Waals surface area contributed by atoms with E-state index in [1.807, 2.05) is 0 Å². The Morgan fingerprint density at radius 2 is 2.04 bits per heavy atom. The highest BCUT2D eigenvalue weighted by molar-refractivity contribution is 5.65. The van der Waals surface area contributed by atoms with E-state index in [9.17, 15) is 18.7 Å². The van der Waals surface area contributed by atoms with Gasteiger partial charge in [-0.2, -0.15) is 0 Å². The van der Waals surface area contributed by atoms with Crippen LogP contribution in [0, 0.1) is 11.6 Å². The van der Waals surface area contributed by atoms with Crippen LogP contribution in [0.2, 0.25) is 0 Å². The number of halogens is 2. The van der Waals surface area contributed by atoms with E-state index >= 15 is 0 Å². The van der Waals surface area contributed by atoms with Crippen molar-refractivity contribution in [1.82, 2.24) is 5.32 Å². The van der Waals surface area contributed by atoms with Crippen molar-refractivity contribution in [3.63, 3.8) is 0 Å². The van der Waals surface area contributed by atoms with Crippen LogP contribution in [0.4, 0.5) is 13.6 Å². The first-order valence-corrected chi connectivity index (χ1v) is 8.83. The molecule has 1 aromatic carbocycles. The monoisotopic (exact) mass is 371 g/mol. The average Bonchev–Trinajstić information content (AvgIpc) is 2.98. The maximum absolute atomic E-state index is 14.0. The Hall–Kier alpha value is -1.77. The van der Waals surface area contributed by atoms with Crippen molar-refractivity contribution in [3.8, 4) is 0 Å². The highest BCUT2D eigenvalue weighted by Crippen LogP contribution is 2.39. The first kappa shape index (κ1) is 19.0. The summed E-state index contributed by atoms with van der Waals surface area (Å²) in [6.07, 6.45) is 1.43. The maximum atomic E-state index is 14.0. The van der Waals surface area contributed by atoms with E-state index in [-0.39, 0.29) is 18.6 Å². The first-order valence-electron chi connectivity index (χ1n) is 8.83. The van der Waals surface area contributed by atoms with Gasteiger partial charge in [0.2, 0.25) is 0 Å². The molecule has 3 rings (SSSR count). The zero-order valence-electron chi connectivity index (χ0n) is 14.3. The molecule has 0 bridgehead atoms. The fourth-order valence-corrected chi connectivity index (χ4v) is 3.75. The highest BCUT2D eigenvalue weighted by atomic mass is 19.1. The van der Waals surface area contributed by atoms with E-state index in [1.54, 1.807) is 0 Å². The zero-order valence-corrected chi connectivity index (χ0v) is 14.3. The van der Waals surface area contributed by atoms with Crippen LogP contribution in [0.5, 0.6) is 0 Å². The van der Waals surface area contributed by atoms with Gasteiger partial charge in [-0.25, -0.2) is 13.6 Å². The first-order chi connectivity index (χ1) is 12.4. The molecule has 1 amide bonds. The molecule has 6 nitrogen and oxygen atoms in total. The molecular formula is C18H23F2NO5. The molecule has 1 aliphatic carbocycles. The number of nitrogens with one attached hydrogen (secondary N) is 1. The van der Waals surface area contributed by atoms with Gasteiger partial charge in [-0.15, -0.1) is 0 Å². The summed E-state index contributed by atoms with van der Waals surface area (Å²) in [6.45, 7) is 0.274. The van der Waals surface area contributed by atoms with Crippen molar-refractivity contribution >= 4 is 6.09 Å². The SMILES string of the molecule is O=C(O)NC(C[C@H]1COC2(CCCCC2)O1)C(O)c1cc(F)ccc1F.